The van der Waals surface area contributed by atoms with E-state index in [4.69, 9.17) is 9.15 Å². The first-order valence-corrected chi connectivity index (χ1v) is 8.78. The number of hydrogen-bond acceptors (Lipinski definition) is 5. The Morgan fingerprint density at radius 1 is 1.15 bits per heavy atom. The van der Waals surface area contributed by atoms with Crippen molar-refractivity contribution in [2.45, 2.75) is 12.8 Å². The Kier molecular flexibility index (Phi) is 4.48. The Hall–Kier alpha value is -3.02. The molecule has 2 heterocycles. The number of ether oxygens (including phenoxy) is 1. The number of para-hydroxylation sites is 2. The number of nitrogens with one attached hydrogen (secondary N) is 1. The molecule has 26 heavy (non-hydrogen) atoms. The summed E-state index contributed by atoms with van der Waals surface area (Å²) < 4.78 is 11.0. The number of carbonyl (C=O) groups is 1. The molecule has 0 radical (unpaired) electrons. The van der Waals surface area contributed by atoms with Crippen molar-refractivity contribution < 1.29 is 13.9 Å². The maximum Gasteiger partial charge on any atom is 0.298 e. The van der Waals surface area contributed by atoms with E-state index in [-0.39, 0.29) is 11.8 Å². The number of oxazole rings is 1. The van der Waals surface area contributed by atoms with Crippen LogP contribution in [0.1, 0.15) is 12.8 Å². The smallest absolute Gasteiger partial charge is 0.298 e. The van der Waals surface area contributed by atoms with Crippen LogP contribution in [0.4, 0.5) is 11.7 Å². The van der Waals surface area contributed by atoms with Gasteiger partial charge in [0.05, 0.1) is 7.11 Å². The second kappa shape index (κ2) is 7.07. The Morgan fingerprint density at radius 3 is 2.58 bits per heavy atom. The minimum absolute atomic E-state index is 0.00210. The summed E-state index contributed by atoms with van der Waals surface area (Å²) in [5, 5.41) is 2.99. The number of anilines is 2. The van der Waals surface area contributed by atoms with Gasteiger partial charge in [0, 0.05) is 24.7 Å². The number of piperidine rings is 1. The van der Waals surface area contributed by atoms with Gasteiger partial charge >= 0.3 is 0 Å². The third-order valence-electron chi connectivity index (χ3n) is 4.78. The molecule has 1 N–H and O–H groups in total. The first kappa shape index (κ1) is 16.4. The fourth-order valence-corrected chi connectivity index (χ4v) is 3.25. The maximum atomic E-state index is 12.5. The fraction of sp³-hybridized carbons (Fsp3) is 0.300. The molecule has 1 aromatic heterocycles. The Balaban J connectivity index is 1.35. The minimum atomic E-state index is -0.00210. The zero-order valence-corrected chi connectivity index (χ0v) is 14.6. The third kappa shape index (κ3) is 3.35. The fourth-order valence-electron chi connectivity index (χ4n) is 3.25. The van der Waals surface area contributed by atoms with Crippen LogP contribution in [0.2, 0.25) is 0 Å². The standard InChI is InChI=1S/C20H21N3O3/c1-25-16-8-6-15(7-9-16)21-19(24)14-10-12-23(13-11-14)20-22-17-4-2-3-5-18(17)26-20/h2-9,14H,10-13H2,1H3,(H,21,24). The predicted molar refractivity (Wildman–Crippen MR) is 101 cm³/mol. The molecule has 0 bridgehead atoms. The normalized spacial score (nSPS) is 15.2. The van der Waals surface area contributed by atoms with Gasteiger partial charge in [-0.05, 0) is 49.2 Å². The van der Waals surface area contributed by atoms with Crippen LogP contribution < -0.4 is 15.0 Å². The molecule has 1 saturated heterocycles. The SMILES string of the molecule is COc1ccc(NC(=O)C2CCN(c3nc4ccccc4o3)CC2)cc1. The molecule has 4 rings (SSSR count). The van der Waals surface area contributed by atoms with E-state index in [0.29, 0.717) is 6.01 Å². The summed E-state index contributed by atoms with van der Waals surface area (Å²) >= 11 is 0. The second-order valence-corrected chi connectivity index (χ2v) is 6.44. The molecule has 134 valence electrons. The van der Waals surface area contributed by atoms with Crippen molar-refractivity contribution in [1.29, 1.82) is 0 Å². The molecule has 0 unspecified atom stereocenters. The molecule has 6 nitrogen and oxygen atoms in total. The van der Waals surface area contributed by atoms with E-state index in [1.165, 1.54) is 0 Å². The summed E-state index contributed by atoms with van der Waals surface area (Å²) in [4.78, 5) is 19.2. The summed E-state index contributed by atoms with van der Waals surface area (Å²) in [6.45, 7) is 1.51. The highest BCUT2D eigenvalue weighted by Crippen LogP contribution is 2.27. The van der Waals surface area contributed by atoms with Crippen LogP contribution in [0.15, 0.2) is 52.9 Å². The molecule has 0 spiro atoms. The van der Waals surface area contributed by atoms with Crippen LogP contribution >= 0.6 is 0 Å². The van der Waals surface area contributed by atoms with Gasteiger partial charge in [-0.2, -0.15) is 4.98 Å². The van der Waals surface area contributed by atoms with Gasteiger partial charge in [-0.1, -0.05) is 12.1 Å². The van der Waals surface area contributed by atoms with E-state index in [1.807, 2.05) is 48.5 Å². The molecule has 6 heteroatoms. The summed E-state index contributed by atoms with van der Waals surface area (Å²) in [6, 6.07) is 15.8. The van der Waals surface area contributed by atoms with Crippen molar-refractivity contribution in [3.63, 3.8) is 0 Å². The van der Waals surface area contributed by atoms with E-state index >= 15 is 0 Å². The molecule has 0 aliphatic carbocycles. The van der Waals surface area contributed by atoms with Gasteiger partial charge in [-0.25, -0.2) is 0 Å². The van der Waals surface area contributed by atoms with E-state index < -0.39 is 0 Å². The highest BCUT2D eigenvalue weighted by molar-refractivity contribution is 5.92. The van der Waals surface area contributed by atoms with Crippen molar-refractivity contribution in [2.75, 3.05) is 30.4 Å². The van der Waals surface area contributed by atoms with Crippen LogP contribution in [0, 0.1) is 5.92 Å². The first-order chi connectivity index (χ1) is 12.7. The van der Waals surface area contributed by atoms with Crippen LogP contribution in [-0.4, -0.2) is 31.1 Å². The third-order valence-corrected chi connectivity index (χ3v) is 4.78. The molecular weight excluding hydrogens is 330 g/mol. The zero-order chi connectivity index (χ0) is 17.9. The number of fused-ring (bicyclic) bond motifs is 1. The van der Waals surface area contributed by atoms with E-state index in [9.17, 15) is 4.79 Å². The lowest BCUT2D eigenvalue weighted by molar-refractivity contribution is -0.120. The van der Waals surface area contributed by atoms with Gasteiger partial charge in [-0.3, -0.25) is 4.79 Å². The lowest BCUT2D eigenvalue weighted by Crippen LogP contribution is -2.38. The van der Waals surface area contributed by atoms with Crippen molar-refractivity contribution >= 4 is 28.7 Å². The largest absolute Gasteiger partial charge is 0.497 e. The van der Waals surface area contributed by atoms with Crippen molar-refractivity contribution in [3.8, 4) is 5.75 Å². The molecule has 0 saturated carbocycles. The molecule has 1 aliphatic heterocycles. The highest BCUT2D eigenvalue weighted by Gasteiger charge is 2.27. The maximum absolute atomic E-state index is 12.5. The number of benzene rings is 2. The number of carbonyl (C=O) groups excluding carboxylic acids is 1. The minimum Gasteiger partial charge on any atom is -0.497 e. The average molecular weight is 351 g/mol. The van der Waals surface area contributed by atoms with Gasteiger partial charge < -0.3 is 19.4 Å². The predicted octanol–water partition coefficient (Wildman–Crippen LogP) is 3.69. The van der Waals surface area contributed by atoms with Gasteiger partial charge in [0.25, 0.3) is 6.01 Å². The molecule has 1 amide bonds. The van der Waals surface area contributed by atoms with E-state index in [2.05, 4.69) is 15.2 Å². The van der Waals surface area contributed by atoms with Crippen LogP contribution in [0.25, 0.3) is 11.1 Å². The van der Waals surface area contributed by atoms with Gasteiger partial charge in [0.1, 0.15) is 11.3 Å². The molecule has 1 fully saturated rings. The Bertz CT molecular complexity index is 863. The zero-order valence-electron chi connectivity index (χ0n) is 14.6. The molecular formula is C20H21N3O3. The van der Waals surface area contributed by atoms with E-state index in [1.54, 1.807) is 7.11 Å². The summed E-state index contributed by atoms with van der Waals surface area (Å²) in [5.74, 6) is 0.833. The van der Waals surface area contributed by atoms with Gasteiger partial charge in [0.15, 0.2) is 5.58 Å². The number of methoxy groups -OCH3 is 1. The van der Waals surface area contributed by atoms with E-state index in [0.717, 1.165) is 48.5 Å². The number of nitrogens with zero attached hydrogens (tertiary/aromatic N) is 2. The molecule has 1 aliphatic rings. The first-order valence-electron chi connectivity index (χ1n) is 8.78. The highest BCUT2D eigenvalue weighted by atomic mass is 16.5. The molecule has 2 aromatic carbocycles. The van der Waals surface area contributed by atoms with Crippen LogP contribution in [0.5, 0.6) is 5.75 Å². The van der Waals surface area contributed by atoms with Crippen molar-refractivity contribution in [3.05, 3.63) is 48.5 Å². The van der Waals surface area contributed by atoms with Crippen LogP contribution in [0.3, 0.4) is 0 Å². The van der Waals surface area contributed by atoms with Crippen molar-refractivity contribution in [1.82, 2.24) is 4.98 Å². The number of rotatable bonds is 4. The topological polar surface area (TPSA) is 67.6 Å². The Labute approximate surface area is 151 Å². The lowest BCUT2D eigenvalue weighted by Gasteiger charge is -2.30. The monoisotopic (exact) mass is 351 g/mol. The quantitative estimate of drug-likeness (QED) is 0.776. The lowest BCUT2D eigenvalue weighted by atomic mass is 9.96. The molecule has 0 atom stereocenters. The van der Waals surface area contributed by atoms with Gasteiger partial charge in [-0.15, -0.1) is 0 Å². The number of amides is 1. The second-order valence-electron chi connectivity index (χ2n) is 6.44. The summed E-state index contributed by atoms with van der Waals surface area (Å²) in [7, 11) is 1.62. The number of aromatic nitrogens is 1. The Morgan fingerprint density at radius 2 is 1.88 bits per heavy atom. The van der Waals surface area contributed by atoms with Gasteiger partial charge in [0.2, 0.25) is 5.91 Å². The van der Waals surface area contributed by atoms with Crippen molar-refractivity contribution in [2.24, 2.45) is 5.92 Å². The van der Waals surface area contributed by atoms with Crippen LogP contribution in [-0.2, 0) is 4.79 Å². The number of hydrogen-bond donors (Lipinski definition) is 1. The average Bonchev–Trinajstić information content (AvgIpc) is 3.13. The molecule has 3 aromatic rings. The summed E-state index contributed by atoms with van der Waals surface area (Å²) in [6.07, 6.45) is 1.56. The summed E-state index contributed by atoms with van der Waals surface area (Å²) in [5.41, 5.74) is 2.45.